The van der Waals surface area contributed by atoms with Crippen LogP contribution in [-0.2, 0) is 0 Å². The van der Waals surface area contributed by atoms with Crippen LogP contribution in [0.1, 0.15) is 10.4 Å². The van der Waals surface area contributed by atoms with E-state index in [9.17, 15) is 18.0 Å². The van der Waals surface area contributed by atoms with E-state index in [1.54, 1.807) is 29.6 Å². The highest BCUT2D eigenvalue weighted by molar-refractivity contribution is 5.94. The Hall–Kier alpha value is -2.57. The molecule has 0 spiro atoms. The van der Waals surface area contributed by atoms with Gasteiger partial charge in [0.2, 0.25) is 5.88 Å². The molecule has 7 heteroatoms. The molecule has 4 nitrogen and oxygen atoms in total. The fourth-order valence-electron chi connectivity index (χ4n) is 1.51. The number of hydrogen-bond acceptors (Lipinski definition) is 3. The second kappa shape index (κ2) is 6.25. The lowest BCUT2D eigenvalue weighted by Gasteiger charge is -2.09. The number of nitrogens with one attached hydrogen (secondary N) is 1. The predicted octanol–water partition coefficient (Wildman–Crippen LogP) is 3.17. The first-order chi connectivity index (χ1) is 9.94. The highest BCUT2D eigenvalue weighted by Crippen LogP contribution is 2.20. The molecule has 2 aromatic rings. The molecule has 0 atom stereocenters. The molecule has 0 unspecified atom stereocenters. The van der Waals surface area contributed by atoms with Crippen LogP contribution >= 0.6 is 0 Å². The summed E-state index contributed by atoms with van der Waals surface area (Å²) in [6, 6.07) is 10.9. The van der Waals surface area contributed by atoms with E-state index in [1.165, 1.54) is 24.4 Å². The number of carbonyl (C=O) groups is 1. The minimum absolute atomic E-state index is 0.0766. The molecule has 0 saturated carbocycles. The largest absolute Gasteiger partial charge is 0.439 e. The van der Waals surface area contributed by atoms with E-state index in [0.29, 0.717) is 11.6 Å². The number of carbonyl (C=O) groups excluding carboxylic acids is 1. The van der Waals surface area contributed by atoms with E-state index in [-0.39, 0.29) is 5.56 Å². The fourth-order valence-corrected chi connectivity index (χ4v) is 1.51. The summed E-state index contributed by atoms with van der Waals surface area (Å²) in [5, 5.41) is 1.79. The van der Waals surface area contributed by atoms with Gasteiger partial charge in [0.1, 0.15) is 12.3 Å². The highest BCUT2D eigenvalue weighted by Gasteiger charge is 2.27. The van der Waals surface area contributed by atoms with Crippen molar-refractivity contribution in [3.63, 3.8) is 0 Å². The molecule has 1 aromatic heterocycles. The van der Waals surface area contributed by atoms with Gasteiger partial charge in [0.15, 0.2) is 0 Å². The van der Waals surface area contributed by atoms with Crippen molar-refractivity contribution in [2.45, 2.75) is 6.18 Å². The van der Waals surface area contributed by atoms with Crippen molar-refractivity contribution in [1.29, 1.82) is 0 Å². The Morgan fingerprint density at radius 2 is 2.00 bits per heavy atom. The zero-order valence-corrected chi connectivity index (χ0v) is 10.7. The van der Waals surface area contributed by atoms with Crippen molar-refractivity contribution >= 4 is 5.91 Å². The Labute approximate surface area is 118 Å². The van der Waals surface area contributed by atoms with E-state index < -0.39 is 18.6 Å². The molecule has 0 aliphatic carbocycles. The molecular formula is C14H11F3N2O2. The molecule has 1 amide bonds. The number of rotatable bonds is 4. The summed E-state index contributed by atoms with van der Waals surface area (Å²) < 4.78 is 41.6. The Morgan fingerprint density at radius 1 is 1.19 bits per heavy atom. The number of aromatic nitrogens is 1. The molecule has 1 heterocycles. The third kappa shape index (κ3) is 4.79. The van der Waals surface area contributed by atoms with Gasteiger partial charge >= 0.3 is 6.18 Å². The SMILES string of the molecule is O=C(NCC(F)(F)F)c1cccc(Oc2ccccn2)c1. The molecule has 0 fully saturated rings. The quantitative estimate of drug-likeness (QED) is 0.943. The minimum Gasteiger partial charge on any atom is -0.439 e. The van der Waals surface area contributed by atoms with Crippen LogP contribution in [0.3, 0.4) is 0 Å². The summed E-state index contributed by atoms with van der Waals surface area (Å²) in [6.07, 6.45) is -2.91. The molecule has 21 heavy (non-hydrogen) atoms. The molecular weight excluding hydrogens is 285 g/mol. The van der Waals surface area contributed by atoms with Crippen LogP contribution in [0, 0.1) is 0 Å². The number of halogens is 3. The lowest BCUT2D eigenvalue weighted by atomic mass is 10.2. The van der Waals surface area contributed by atoms with Gasteiger partial charge in [-0.15, -0.1) is 0 Å². The maximum absolute atomic E-state index is 12.1. The predicted molar refractivity (Wildman–Crippen MR) is 69.1 cm³/mol. The highest BCUT2D eigenvalue weighted by atomic mass is 19.4. The smallest absolute Gasteiger partial charge is 0.405 e. The summed E-state index contributed by atoms with van der Waals surface area (Å²) in [5.74, 6) is -0.183. The van der Waals surface area contributed by atoms with Gasteiger partial charge in [-0.2, -0.15) is 13.2 Å². The summed E-state index contributed by atoms with van der Waals surface area (Å²) >= 11 is 0. The summed E-state index contributed by atoms with van der Waals surface area (Å²) in [7, 11) is 0. The summed E-state index contributed by atoms with van der Waals surface area (Å²) in [5.41, 5.74) is 0.0766. The number of hydrogen-bond donors (Lipinski definition) is 1. The lowest BCUT2D eigenvalue weighted by molar-refractivity contribution is -0.123. The van der Waals surface area contributed by atoms with Crippen molar-refractivity contribution in [3.8, 4) is 11.6 Å². The third-order valence-electron chi connectivity index (χ3n) is 2.41. The van der Waals surface area contributed by atoms with Gasteiger partial charge in [0.25, 0.3) is 5.91 Å². The second-order valence-corrected chi connectivity index (χ2v) is 4.10. The maximum Gasteiger partial charge on any atom is 0.405 e. The topological polar surface area (TPSA) is 51.2 Å². The van der Waals surface area contributed by atoms with Crippen molar-refractivity contribution < 1.29 is 22.7 Å². The van der Waals surface area contributed by atoms with Gasteiger partial charge in [-0.1, -0.05) is 12.1 Å². The van der Waals surface area contributed by atoms with E-state index in [4.69, 9.17) is 4.74 Å². The number of amides is 1. The van der Waals surface area contributed by atoms with Crippen LogP contribution in [0.25, 0.3) is 0 Å². The maximum atomic E-state index is 12.1. The summed E-state index contributed by atoms with van der Waals surface area (Å²) in [6.45, 7) is -1.38. The van der Waals surface area contributed by atoms with Gasteiger partial charge in [-0.3, -0.25) is 4.79 Å². The van der Waals surface area contributed by atoms with Crippen LogP contribution in [0.5, 0.6) is 11.6 Å². The van der Waals surface area contributed by atoms with Crippen LogP contribution in [0.2, 0.25) is 0 Å². The van der Waals surface area contributed by atoms with Crippen LogP contribution in [-0.4, -0.2) is 23.6 Å². The van der Waals surface area contributed by atoms with E-state index in [2.05, 4.69) is 4.98 Å². The summed E-state index contributed by atoms with van der Waals surface area (Å²) in [4.78, 5) is 15.6. The molecule has 1 N–H and O–H groups in total. The first kappa shape index (κ1) is 14.8. The zero-order chi connectivity index (χ0) is 15.3. The Balaban J connectivity index is 2.05. The van der Waals surface area contributed by atoms with Gasteiger partial charge < -0.3 is 10.1 Å². The van der Waals surface area contributed by atoms with Crippen molar-refractivity contribution in [2.75, 3.05) is 6.54 Å². The first-order valence-electron chi connectivity index (χ1n) is 5.98. The van der Waals surface area contributed by atoms with Crippen molar-refractivity contribution in [1.82, 2.24) is 10.3 Å². The Kier molecular flexibility index (Phi) is 4.42. The normalized spacial score (nSPS) is 11.0. The van der Waals surface area contributed by atoms with Crippen LogP contribution in [0.4, 0.5) is 13.2 Å². The average molecular weight is 296 g/mol. The minimum atomic E-state index is -4.45. The number of pyridine rings is 1. The van der Waals surface area contributed by atoms with Gasteiger partial charge in [-0.05, 0) is 24.3 Å². The molecule has 2 rings (SSSR count). The Morgan fingerprint density at radius 3 is 2.67 bits per heavy atom. The van der Waals surface area contributed by atoms with Gasteiger partial charge in [0, 0.05) is 17.8 Å². The molecule has 110 valence electrons. The monoisotopic (exact) mass is 296 g/mol. The molecule has 0 saturated heterocycles. The Bertz CT molecular complexity index is 615. The fraction of sp³-hybridized carbons (Fsp3) is 0.143. The van der Waals surface area contributed by atoms with E-state index in [0.717, 1.165) is 0 Å². The molecule has 0 aliphatic rings. The number of ether oxygens (including phenoxy) is 1. The molecule has 0 radical (unpaired) electrons. The molecule has 1 aromatic carbocycles. The number of alkyl halides is 3. The average Bonchev–Trinajstić information content (AvgIpc) is 2.45. The van der Waals surface area contributed by atoms with Crippen LogP contribution in [0.15, 0.2) is 48.7 Å². The van der Waals surface area contributed by atoms with E-state index >= 15 is 0 Å². The first-order valence-corrected chi connectivity index (χ1v) is 5.98. The standard InChI is InChI=1S/C14H11F3N2O2/c15-14(16,17)9-19-13(20)10-4-3-5-11(8-10)21-12-6-1-2-7-18-12/h1-8H,9H2,(H,19,20). The zero-order valence-electron chi connectivity index (χ0n) is 10.7. The number of benzene rings is 1. The number of nitrogens with zero attached hydrogens (tertiary/aromatic N) is 1. The third-order valence-corrected chi connectivity index (χ3v) is 2.41. The molecule has 0 bridgehead atoms. The second-order valence-electron chi connectivity index (χ2n) is 4.10. The van der Waals surface area contributed by atoms with Crippen molar-refractivity contribution in [3.05, 3.63) is 54.2 Å². The van der Waals surface area contributed by atoms with Gasteiger partial charge in [-0.25, -0.2) is 4.98 Å². The van der Waals surface area contributed by atoms with Crippen LogP contribution < -0.4 is 10.1 Å². The lowest BCUT2D eigenvalue weighted by Crippen LogP contribution is -2.33. The molecule has 0 aliphatic heterocycles. The van der Waals surface area contributed by atoms with Gasteiger partial charge in [0.05, 0.1) is 0 Å². The van der Waals surface area contributed by atoms with Crippen molar-refractivity contribution in [2.24, 2.45) is 0 Å². The van der Waals surface area contributed by atoms with E-state index in [1.807, 2.05) is 0 Å².